The number of piperidine rings is 1. The first kappa shape index (κ1) is 27.0. The number of benzene rings is 2. The second kappa shape index (κ2) is 12.4. The summed E-state index contributed by atoms with van der Waals surface area (Å²) in [5.41, 5.74) is 0.948. The van der Waals surface area contributed by atoms with Crippen LogP contribution in [0, 0.1) is 5.92 Å². The predicted octanol–water partition coefficient (Wildman–Crippen LogP) is 4.18. The van der Waals surface area contributed by atoms with Gasteiger partial charge >= 0.3 is 0 Å². The van der Waals surface area contributed by atoms with Crippen molar-refractivity contribution >= 4 is 56.8 Å². The molecule has 2 fully saturated rings. The Morgan fingerprint density at radius 3 is 2.44 bits per heavy atom. The minimum atomic E-state index is -3.40. The third-order valence-corrected chi connectivity index (χ3v) is 8.65. The van der Waals surface area contributed by atoms with Crippen LogP contribution in [0.1, 0.15) is 31.2 Å². The largest absolute Gasteiger partial charge is 0.340 e. The maximum Gasteiger partial charge on any atom is 0.222 e. The van der Waals surface area contributed by atoms with Crippen molar-refractivity contribution in [3.63, 3.8) is 0 Å². The van der Waals surface area contributed by atoms with E-state index in [0.717, 1.165) is 48.7 Å². The molecule has 186 valence electrons. The summed E-state index contributed by atoms with van der Waals surface area (Å²) >= 11 is 6.03. The molecule has 0 spiro atoms. The zero-order valence-electron chi connectivity index (χ0n) is 19.3. The molecule has 1 N–H and O–H groups in total. The molecule has 9 heteroatoms. The third kappa shape index (κ3) is 7.18. The standard InChI is InChI=1S/C25H32ClN3O3S.ClH/c26-24-7-6-22-18-21(3-5-23(22)19-24)2-1-17-33(31,32)29-15-13-28(14-16-29)25(30)8-4-20-9-11-27-12-10-20;/h1-3,5-7,18-20,27H,4,8-17H2;1H. The molecule has 2 heterocycles. The van der Waals surface area contributed by atoms with Gasteiger partial charge in [0.25, 0.3) is 0 Å². The highest BCUT2D eigenvalue weighted by Gasteiger charge is 2.28. The lowest BCUT2D eigenvalue weighted by atomic mass is 9.93. The van der Waals surface area contributed by atoms with Gasteiger partial charge < -0.3 is 10.2 Å². The molecule has 0 radical (unpaired) electrons. The molecule has 6 nitrogen and oxygen atoms in total. The molecule has 2 aromatic rings. The number of carbonyl (C=O) groups excluding carboxylic acids is 1. The molecule has 0 aliphatic carbocycles. The average molecular weight is 527 g/mol. The molecule has 2 aliphatic rings. The minimum Gasteiger partial charge on any atom is -0.340 e. The second-order valence-corrected chi connectivity index (χ2v) is 11.4. The molecule has 34 heavy (non-hydrogen) atoms. The summed E-state index contributed by atoms with van der Waals surface area (Å²) in [6.07, 6.45) is 7.32. The second-order valence-electron chi connectivity index (χ2n) is 8.94. The molecule has 1 amide bonds. The Labute approximate surface area is 213 Å². The number of rotatable bonds is 7. The normalized spacial score (nSPS) is 18.3. The van der Waals surface area contributed by atoms with Gasteiger partial charge in [0.05, 0.1) is 5.75 Å². The number of halogens is 2. The van der Waals surface area contributed by atoms with Crippen LogP contribution in [0.15, 0.2) is 42.5 Å². The van der Waals surface area contributed by atoms with E-state index in [4.69, 9.17) is 11.6 Å². The predicted molar refractivity (Wildman–Crippen MR) is 142 cm³/mol. The van der Waals surface area contributed by atoms with E-state index in [0.29, 0.717) is 43.5 Å². The van der Waals surface area contributed by atoms with Gasteiger partial charge in [-0.2, -0.15) is 4.31 Å². The fraction of sp³-hybridized carbons (Fsp3) is 0.480. The van der Waals surface area contributed by atoms with Gasteiger partial charge in [-0.05, 0) is 72.8 Å². The summed E-state index contributed by atoms with van der Waals surface area (Å²) in [5.74, 6) is 0.738. The number of amides is 1. The van der Waals surface area contributed by atoms with Gasteiger partial charge in [0.15, 0.2) is 0 Å². The fourth-order valence-corrected chi connectivity index (χ4v) is 6.07. The number of hydrogen-bond acceptors (Lipinski definition) is 4. The van der Waals surface area contributed by atoms with Gasteiger partial charge in [-0.3, -0.25) is 4.79 Å². The van der Waals surface area contributed by atoms with Crippen LogP contribution >= 0.6 is 24.0 Å². The van der Waals surface area contributed by atoms with E-state index in [-0.39, 0.29) is 24.1 Å². The van der Waals surface area contributed by atoms with Crippen molar-refractivity contribution in [3.05, 3.63) is 53.1 Å². The number of nitrogens with one attached hydrogen (secondary N) is 1. The van der Waals surface area contributed by atoms with Crippen LogP contribution < -0.4 is 5.32 Å². The van der Waals surface area contributed by atoms with Gasteiger partial charge in [0.2, 0.25) is 15.9 Å². The monoisotopic (exact) mass is 525 g/mol. The molecular weight excluding hydrogens is 493 g/mol. The van der Waals surface area contributed by atoms with Crippen LogP contribution in [0.4, 0.5) is 0 Å². The highest BCUT2D eigenvalue weighted by Crippen LogP contribution is 2.22. The number of carbonyl (C=O) groups is 1. The molecule has 0 unspecified atom stereocenters. The third-order valence-electron chi connectivity index (χ3n) is 6.65. The molecular formula is C25H33Cl2N3O3S. The number of nitrogens with zero attached hydrogens (tertiary/aromatic N) is 2. The Kier molecular flexibility index (Phi) is 9.80. The van der Waals surface area contributed by atoms with E-state index in [2.05, 4.69) is 5.32 Å². The first-order valence-corrected chi connectivity index (χ1v) is 13.7. The van der Waals surface area contributed by atoms with E-state index >= 15 is 0 Å². The van der Waals surface area contributed by atoms with Crippen molar-refractivity contribution in [2.45, 2.75) is 25.7 Å². The summed E-state index contributed by atoms with van der Waals surface area (Å²) in [5, 5.41) is 6.16. The number of hydrogen-bond donors (Lipinski definition) is 1. The molecule has 2 aliphatic heterocycles. The lowest BCUT2D eigenvalue weighted by molar-refractivity contribution is -0.132. The van der Waals surface area contributed by atoms with Gasteiger partial charge in [0, 0.05) is 37.6 Å². The molecule has 0 saturated carbocycles. The maximum absolute atomic E-state index is 12.8. The number of sulfonamides is 1. The Morgan fingerprint density at radius 1 is 1.03 bits per heavy atom. The van der Waals surface area contributed by atoms with E-state index in [1.165, 1.54) is 4.31 Å². The molecule has 4 rings (SSSR count). The minimum absolute atomic E-state index is 0. The Bertz CT molecular complexity index is 1110. The maximum atomic E-state index is 12.8. The summed E-state index contributed by atoms with van der Waals surface area (Å²) < 4.78 is 27.1. The molecule has 0 bridgehead atoms. The van der Waals surface area contributed by atoms with E-state index in [9.17, 15) is 13.2 Å². The SMILES string of the molecule is Cl.O=C(CCC1CCNCC1)N1CCN(S(=O)(=O)CC=Cc2ccc3cc(Cl)ccc3c2)CC1. The molecule has 0 atom stereocenters. The Hall–Kier alpha value is -1.64. The van der Waals surface area contributed by atoms with Crippen molar-refractivity contribution in [1.82, 2.24) is 14.5 Å². The van der Waals surface area contributed by atoms with Crippen LogP contribution in [0.2, 0.25) is 5.02 Å². The lowest BCUT2D eigenvalue weighted by Gasteiger charge is -2.34. The van der Waals surface area contributed by atoms with Gasteiger partial charge in [-0.15, -0.1) is 12.4 Å². The average Bonchev–Trinajstić information content (AvgIpc) is 2.83. The van der Waals surface area contributed by atoms with Crippen LogP contribution in [-0.2, 0) is 14.8 Å². The van der Waals surface area contributed by atoms with Crippen molar-refractivity contribution in [3.8, 4) is 0 Å². The first-order chi connectivity index (χ1) is 15.9. The quantitative estimate of drug-likeness (QED) is 0.588. The Morgan fingerprint density at radius 2 is 1.71 bits per heavy atom. The zero-order valence-corrected chi connectivity index (χ0v) is 21.7. The Balaban J connectivity index is 0.00000324. The van der Waals surface area contributed by atoms with Crippen molar-refractivity contribution < 1.29 is 13.2 Å². The van der Waals surface area contributed by atoms with Crippen molar-refractivity contribution in [1.29, 1.82) is 0 Å². The molecule has 2 aromatic carbocycles. The summed E-state index contributed by atoms with van der Waals surface area (Å²) in [4.78, 5) is 14.4. The van der Waals surface area contributed by atoms with Crippen LogP contribution in [0.25, 0.3) is 16.8 Å². The molecule has 2 saturated heterocycles. The van der Waals surface area contributed by atoms with Crippen LogP contribution in [-0.4, -0.2) is 68.6 Å². The highest BCUT2D eigenvalue weighted by molar-refractivity contribution is 7.89. The summed E-state index contributed by atoms with van der Waals surface area (Å²) in [6.45, 7) is 3.76. The van der Waals surface area contributed by atoms with E-state index in [1.54, 1.807) is 6.08 Å². The summed E-state index contributed by atoms with van der Waals surface area (Å²) in [7, 11) is -3.40. The smallest absolute Gasteiger partial charge is 0.222 e. The van der Waals surface area contributed by atoms with Gasteiger partial charge in [-0.1, -0.05) is 42.0 Å². The van der Waals surface area contributed by atoms with Gasteiger partial charge in [-0.25, -0.2) is 8.42 Å². The number of fused-ring (bicyclic) bond motifs is 1. The zero-order chi connectivity index (χ0) is 23.3. The van der Waals surface area contributed by atoms with Crippen LogP contribution in [0.3, 0.4) is 0 Å². The van der Waals surface area contributed by atoms with Crippen molar-refractivity contribution in [2.75, 3.05) is 45.0 Å². The number of piperazine rings is 1. The highest BCUT2D eigenvalue weighted by atomic mass is 35.5. The topological polar surface area (TPSA) is 69.7 Å². The lowest BCUT2D eigenvalue weighted by Crippen LogP contribution is -2.51. The summed E-state index contributed by atoms with van der Waals surface area (Å²) in [6, 6.07) is 11.7. The van der Waals surface area contributed by atoms with E-state index in [1.807, 2.05) is 47.4 Å². The fourth-order valence-electron chi connectivity index (χ4n) is 4.62. The first-order valence-electron chi connectivity index (χ1n) is 11.7. The van der Waals surface area contributed by atoms with Gasteiger partial charge in [0.1, 0.15) is 0 Å². The molecule has 0 aromatic heterocycles. The van der Waals surface area contributed by atoms with Crippen LogP contribution in [0.5, 0.6) is 0 Å². The van der Waals surface area contributed by atoms with E-state index < -0.39 is 10.0 Å². The van der Waals surface area contributed by atoms with Crippen molar-refractivity contribution in [2.24, 2.45) is 5.92 Å².